The maximum atomic E-state index is 13.7. The number of aromatic nitrogens is 4. The molecule has 0 radical (unpaired) electrons. The van der Waals surface area contributed by atoms with Gasteiger partial charge in [0.15, 0.2) is 10.7 Å². The standard InChI is InChI=1S/C19H21F2N5O2S/c1-11(2)6-7-26-18(28)17-15(9-25(3)24-17)23-19(26)29-10-16(27)22-14-8-12(20)4-5-13(14)21/h4-5,8-9,11H,6-7,10H2,1-3H3,(H,22,27). The number of fused-ring (bicyclic) bond motifs is 1. The molecule has 0 unspecified atom stereocenters. The maximum Gasteiger partial charge on any atom is 0.282 e. The third-order valence-corrected chi connectivity index (χ3v) is 5.15. The fourth-order valence-corrected chi connectivity index (χ4v) is 3.52. The van der Waals surface area contributed by atoms with Gasteiger partial charge in [-0.2, -0.15) is 5.10 Å². The van der Waals surface area contributed by atoms with Gasteiger partial charge >= 0.3 is 0 Å². The number of anilines is 1. The van der Waals surface area contributed by atoms with Gasteiger partial charge in [0.05, 0.1) is 17.6 Å². The average molecular weight is 421 g/mol. The van der Waals surface area contributed by atoms with Gasteiger partial charge in [-0.3, -0.25) is 18.8 Å². The molecule has 1 amide bonds. The number of hydrogen-bond acceptors (Lipinski definition) is 5. The summed E-state index contributed by atoms with van der Waals surface area (Å²) in [6, 6.07) is 2.83. The number of carbonyl (C=O) groups is 1. The van der Waals surface area contributed by atoms with Crippen LogP contribution in [0.5, 0.6) is 0 Å². The highest BCUT2D eigenvalue weighted by Crippen LogP contribution is 2.20. The third-order valence-electron chi connectivity index (χ3n) is 4.17. The van der Waals surface area contributed by atoms with E-state index in [2.05, 4.69) is 15.4 Å². The zero-order chi connectivity index (χ0) is 21.1. The first-order chi connectivity index (χ1) is 13.7. The summed E-state index contributed by atoms with van der Waals surface area (Å²) in [5, 5.41) is 6.89. The van der Waals surface area contributed by atoms with Crippen LogP contribution in [-0.4, -0.2) is 31.0 Å². The molecule has 0 atom stereocenters. The van der Waals surface area contributed by atoms with E-state index in [-0.39, 0.29) is 22.5 Å². The molecule has 10 heteroatoms. The van der Waals surface area contributed by atoms with Crippen LogP contribution < -0.4 is 10.9 Å². The van der Waals surface area contributed by atoms with Crippen molar-refractivity contribution in [2.75, 3.05) is 11.1 Å². The molecular formula is C19H21F2N5O2S. The van der Waals surface area contributed by atoms with Crippen molar-refractivity contribution in [1.82, 2.24) is 19.3 Å². The minimum atomic E-state index is -0.728. The number of hydrogen-bond donors (Lipinski definition) is 1. The van der Waals surface area contributed by atoms with Crippen molar-refractivity contribution in [1.29, 1.82) is 0 Å². The SMILES string of the molecule is CC(C)CCn1c(SCC(=O)Nc2cc(F)ccc2F)nc2cn(C)nc2c1=O. The van der Waals surface area contributed by atoms with Gasteiger partial charge in [-0.25, -0.2) is 13.8 Å². The van der Waals surface area contributed by atoms with E-state index in [1.54, 1.807) is 13.2 Å². The second-order valence-electron chi connectivity index (χ2n) is 7.03. The Morgan fingerprint density at radius 3 is 2.79 bits per heavy atom. The topological polar surface area (TPSA) is 81.8 Å². The van der Waals surface area contributed by atoms with Crippen molar-refractivity contribution in [3.63, 3.8) is 0 Å². The van der Waals surface area contributed by atoms with Crippen molar-refractivity contribution in [3.05, 3.63) is 46.4 Å². The van der Waals surface area contributed by atoms with E-state index < -0.39 is 17.5 Å². The molecule has 0 aliphatic heterocycles. The summed E-state index contributed by atoms with van der Waals surface area (Å²) in [6.45, 7) is 4.54. The minimum Gasteiger partial charge on any atom is -0.323 e. The molecule has 0 bridgehead atoms. The fraction of sp³-hybridized carbons (Fsp3) is 0.368. The number of amides is 1. The molecule has 0 fully saturated rings. The summed E-state index contributed by atoms with van der Waals surface area (Å²) in [5.74, 6) is -1.65. The van der Waals surface area contributed by atoms with Gasteiger partial charge in [-0.1, -0.05) is 25.6 Å². The third kappa shape index (κ3) is 5.00. The van der Waals surface area contributed by atoms with Crippen molar-refractivity contribution in [3.8, 4) is 0 Å². The molecule has 3 aromatic rings. The second kappa shape index (κ2) is 8.73. The summed E-state index contributed by atoms with van der Waals surface area (Å²) < 4.78 is 30.0. The molecule has 0 saturated carbocycles. The highest BCUT2D eigenvalue weighted by Gasteiger charge is 2.16. The van der Waals surface area contributed by atoms with Gasteiger partial charge in [-0.05, 0) is 24.5 Å². The fourth-order valence-electron chi connectivity index (χ4n) is 2.69. The second-order valence-corrected chi connectivity index (χ2v) is 7.97. The molecule has 1 N–H and O–H groups in total. The van der Waals surface area contributed by atoms with Crippen LogP contribution in [0.4, 0.5) is 14.5 Å². The van der Waals surface area contributed by atoms with Crippen molar-refractivity contribution in [2.24, 2.45) is 13.0 Å². The minimum absolute atomic E-state index is 0.115. The van der Waals surface area contributed by atoms with Gasteiger partial charge in [0.1, 0.15) is 17.2 Å². The number of carbonyl (C=O) groups excluding carboxylic acids is 1. The van der Waals surface area contributed by atoms with E-state index >= 15 is 0 Å². The lowest BCUT2D eigenvalue weighted by Crippen LogP contribution is -2.25. The Morgan fingerprint density at radius 2 is 2.07 bits per heavy atom. The number of nitrogens with zero attached hydrogens (tertiary/aromatic N) is 4. The smallest absolute Gasteiger partial charge is 0.282 e. The summed E-state index contributed by atoms with van der Waals surface area (Å²) in [7, 11) is 1.70. The summed E-state index contributed by atoms with van der Waals surface area (Å²) in [6.07, 6.45) is 2.39. The van der Waals surface area contributed by atoms with E-state index in [0.717, 1.165) is 36.4 Å². The van der Waals surface area contributed by atoms with Crippen molar-refractivity contribution in [2.45, 2.75) is 32.0 Å². The van der Waals surface area contributed by atoms with Gasteiger partial charge in [-0.15, -0.1) is 0 Å². The number of benzene rings is 1. The van der Waals surface area contributed by atoms with E-state index in [1.165, 1.54) is 9.25 Å². The number of halogens is 2. The van der Waals surface area contributed by atoms with Gasteiger partial charge in [0.25, 0.3) is 5.56 Å². The molecule has 2 heterocycles. The van der Waals surface area contributed by atoms with E-state index in [0.29, 0.717) is 23.1 Å². The molecule has 154 valence electrons. The predicted molar refractivity (Wildman–Crippen MR) is 108 cm³/mol. The molecule has 7 nitrogen and oxygen atoms in total. The first-order valence-electron chi connectivity index (χ1n) is 9.06. The van der Waals surface area contributed by atoms with Gasteiger partial charge in [0, 0.05) is 19.7 Å². The van der Waals surface area contributed by atoms with Crippen LogP contribution >= 0.6 is 11.8 Å². The van der Waals surface area contributed by atoms with Gasteiger partial charge in [0.2, 0.25) is 5.91 Å². The Bertz CT molecular complexity index is 1110. The Balaban J connectivity index is 1.82. The highest BCUT2D eigenvalue weighted by atomic mass is 32.2. The van der Waals surface area contributed by atoms with E-state index in [1.807, 2.05) is 13.8 Å². The van der Waals surface area contributed by atoms with Crippen molar-refractivity contribution >= 4 is 34.4 Å². The van der Waals surface area contributed by atoms with Gasteiger partial charge < -0.3 is 5.32 Å². The summed E-state index contributed by atoms with van der Waals surface area (Å²) in [4.78, 5) is 29.5. The van der Waals surface area contributed by atoms with Crippen LogP contribution in [0.15, 0.2) is 34.3 Å². The Morgan fingerprint density at radius 1 is 1.31 bits per heavy atom. The average Bonchev–Trinajstić information content (AvgIpc) is 3.03. The van der Waals surface area contributed by atoms with Crippen LogP contribution in [0.3, 0.4) is 0 Å². The maximum absolute atomic E-state index is 13.7. The zero-order valence-electron chi connectivity index (χ0n) is 16.3. The predicted octanol–water partition coefficient (Wildman–Crippen LogP) is 3.19. The Hall–Kier alpha value is -2.75. The first kappa shape index (κ1) is 21.0. The Labute approximate surface area is 170 Å². The molecule has 0 aliphatic rings. The zero-order valence-corrected chi connectivity index (χ0v) is 17.1. The van der Waals surface area contributed by atoms with Crippen LogP contribution in [0.25, 0.3) is 11.0 Å². The molecule has 0 saturated heterocycles. The quantitative estimate of drug-likeness (QED) is 0.468. The van der Waals surface area contributed by atoms with Crippen molar-refractivity contribution < 1.29 is 13.6 Å². The molecule has 29 heavy (non-hydrogen) atoms. The number of aryl methyl sites for hydroxylation is 1. The normalized spacial score (nSPS) is 11.4. The monoisotopic (exact) mass is 421 g/mol. The molecule has 0 aliphatic carbocycles. The highest BCUT2D eigenvalue weighted by molar-refractivity contribution is 7.99. The van der Waals surface area contributed by atoms with E-state index in [4.69, 9.17) is 0 Å². The number of nitrogens with one attached hydrogen (secondary N) is 1. The molecule has 0 spiro atoms. The summed E-state index contributed by atoms with van der Waals surface area (Å²) in [5.41, 5.74) is 0.211. The molecule has 1 aromatic carbocycles. The number of thioether (sulfide) groups is 1. The van der Waals surface area contributed by atoms with Crippen LogP contribution in [-0.2, 0) is 18.4 Å². The molecule has 2 aromatic heterocycles. The largest absolute Gasteiger partial charge is 0.323 e. The van der Waals surface area contributed by atoms with E-state index in [9.17, 15) is 18.4 Å². The lowest BCUT2D eigenvalue weighted by Gasteiger charge is -2.13. The lowest BCUT2D eigenvalue weighted by molar-refractivity contribution is -0.113. The van der Waals surface area contributed by atoms with Crippen LogP contribution in [0.1, 0.15) is 20.3 Å². The summed E-state index contributed by atoms with van der Waals surface area (Å²) >= 11 is 1.06. The number of rotatable bonds is 7. The molecule has 3 rings (SSSR count). The molecular weight excluding hydrogens is 400 g/mol. The van der Waals surface area contributed by atoms with Crippen LogP contribution in [0.2, 0.25) is 0 Å². The lowest BCUT2D eigenvalue weighted by atomic mass is 10.1. The van der Waals surface area contributed by atoms with Crippen LogP contribution in [0, 0.1) is 17.6 Å². The first-order valence-corrected chi connectivity index (χ1v) is 10.0. The Kier molecular flexibility index (Phi) is 6.31.